The Morgan fingerprint density at radius 3 is 2.76 bits per heavy atom. The lowest BCUT2D eigenvalue weighted by Crippen LogP contribution is -2.18. The molecule has 0 bridgehead atoms. The van der Waals surface area contributed by atoms with Crippen molar-refractivity contribution in [1.82, 2.24) is 14.8 Å². The highest BCUT2D eigenvalue weighted by Gasteiger charge is 2.21. The van der Waals surface area contributed by atoms with Crippen molar-refractivity contribution in [1.29, 1.82) is 0 Å². The molecule has 1 N–H and O–H groups in total. The van der Waals surface area contributed by atoms with E-state index < -0.39 is 0 Å². The van der Waals surface area contributed by atoms with Gasteiger partial charge in [0, 0.05) is 19.2 Å². The maximum atomic E-state index is 13.6. The number of carbonyl (C=O) groups excluding carboxylic acids is 1. The normalized spacial score (nSPS) is 15.6. The zero-order valence-corrected chi connectivity index (χ0v) is 19.7. The van der Waals surface area contributed by atoms with Crippen LogP contribution in [0.4, 0.5) is 5.69 Å². The third-order valence-corrected chi connectivity index (χ3v) is 6.12. The highest BCUT2D eigenvalue weighted by Crippen LogP contribution is 2.30. The molecule has 1 atom stereocenters. The van der Waals surface area contributed by atoms with Gasteiger partial charge in [0.25, 0.3) is 5.91 Å². The Labute approximate surface area is 198 Å². The summed E-state index contributed by atoms with van der Waals surface area (Å²) in [5.41, 5.74) is 5.30. The van der Waals surface area contributed by atoms with E-state index in [2.05, 4.69) is 10.4 Å². The van der Waals surface area contributed by atoms with Gasteiger partial charge in [-0.2, -0.15) is 5.10 Å². The van der Waals surface area contributed by atoms with E-state index in [-0.39, 0.29) is 12.0 Å². The molecule has 1 saturated heterocycles. The molecule has 1 fully saturated rings. The van der Waals surface area contributed by atoms with Gasteiger partial charge in [-0.05, 0) is 50.5 Å². The van der Waals surface area contributed by atoms with Crippen molar-refractivity contribution >= 4 is 22.6 Å². The van der Waals surface area contributed by atoms with Crippen LogP contribution < -0.4 is 10.1 Å². The van der Waals surface area contributed by atoms with Crippen LogP contribution >= 0.6 is 0 Å². The molecular formula is C27H28N4O3. The van der Waals surface area contributed by atoms with Gasteiger partial charge in [0.05, 0.1) is 34.1 Å². The molecular weight excluding hydrogens is 428 g/mol. The number of amides is 1. The van der Waals surface area contributed by atoms with Gasteiger partial charge in [-0.1, -0.05) is 36.4 Å². The first-order valence-electron chi connectivity index (χ1n) is 11.6. The van der Waals surface area contributed by atoms with Crippen molar-refractivity contribution in [3.8, 4) is 17.0 Å². The van der Waals surface area contributed by atoms with Crippen LogP contribution in [0.25, 0.3) is 22.3 Å². The number of anilines is 1. The van der Waals surface area contributed by atoms with Crippen molar-refractivity contribution < 1.29 is 14.3 Å². The van der Waals surface area contributed by atoms with Crippen molar-refractivity contribution in [3.63, 3.8) is 0 Å². The van der Waals surface area contributed by atoms with E-state index >= 15 is 0 Å². The SMILES string of the molecule is Cc1ccc(NC(=O)c2cc(-c3ccccc3)nc3c2c(C)nn3C)c(OCC2CCCO2)c1. The van der Waals surface area contributed by atoms with E-state index in [1.165, 1.54) is 0 Å². The second-order valence-electron chi connectivity index (χ2n) is 8.73. The standard InChI is InChI=1S/C27H28N4O3/c1-17-11-12-22(24(14-17)34-16-20-10-7-13-33-20)29-27(32)21-15-23(19-8-5-4-6-9-19)28-26-25(21)18(2)30-31(26)3/h4-6,8-9,11-12,14-15,20H,7,10,13,16H2,1-3H3,(H,29,32). The zero-order chi connectivity index (χ0) is 23.7. The van der Waals surface area contributed by atoms with E-state index in [4.69, 9.17) is 14.5 Å². The highest BCUT2D eigenvalue weighted by atomic mass is 16.5. The minimum atomic E-state index is -0.230. The lowest BCUT2D eigenvalue weighted by atomic mass is 10.0. The number of benzene rings is 2. The van der Waals surface area contributed by atoms with Crippen LogP contribution in [0.5, 0.6) is 5.75 Å². The molecule has 174 valence electrons. The molecule has 7 nitrogen and oxygen atoms in total. The van der Waals surface area contributed by atoms with Gasteiger partial charge in [-0.15, -0.1) is 0 Å². The number of nitrogens with one attached hydrogen (secondary N) is 1. The summed E-state index contributed by atoms with van der Waals surface area (Å²) in [6, 6.07) is 17.5. The van der Waals surface area contributed by atoms with Crippen LogP contribution in [0.2, 0.25) is 0 Å². The predicted octanol–water partition coefficient (Wildman–Crippen LogP) is 5.06. The molecule has 0 saturated carbocycles. The number of pyridine rings is 1. The zero-order valence-electron chi connectivity index (χ0n) is 19.7. The molecule has 5 rings (SSSR count). The van der Waals surface area contributed by atoms with Crippen LogP contribution in [0.15, 0.2) is 54.6 Å². The molecule has 2 aromatic heterocycles. The molecule has 34 heavy (non-hydrogen) atoms. The van der Waals surface area contributed by atoms with Gasteiger partial charge in [0.1, 0.15) is 12.4 Å². The number of fused-ring (bicyclic) bond motifs is 1. The molecule has 7 heteroatoms. The molecule has 1 aliphatic heterocycles. The number of carbonyl (C=O) groups is 1. The summed E-state index contributed by atoms with van der Waals surface area (Å²) >= 11 is 0. The Balaban J connectivity index is 1.50. The summed E-state index contributed by atoms with van der Waals surface area (Å²) in [6.07, 6.45) is 2.14. The van der Waals surface area contributed by atoms with Crippen LogP contribution in [0.3, 0.4) is 0 Å². The molecule has 1 aliphatic rings. The summed E-state index contributed by atoms with van der Waals surface area (Å²) < 4.78 is 13.5. The van der Waals surface area contributed by atoms with E-state index in [0.717, 1.165) is 47.3 Å². The topological polar surface area (TPSA) is 78.3 Å². The average Bonchev–Trinajstić information content (AvgIpc) is 3.47. The van der Waals surface area contributed by atoms with E-state index in [9.17, 15) is 4.79 Å². The third-order valence-electron chi connectivity index (χ3n) is 6.12. The van der Waals surface area contributed by atoms with Crippen LogP contribution in [-0.4, -0.2) is 40.0 Å². The molecule has 0 radical (unpaired) electrons. The van der Waals surface area contributed by atoms with Gasteiger partial charge in [0.2, 0.25) is 0 Å². The van der Waals surface area contributed by atoms with Crippen molar-refractivity contribution in [2.45, 2.75) is 32.8 Å². The molecule has 1 unspecified atom stereocenters. The van der Waals surface area contributed by atoms with Crippen molar-refractivity contribution in [2.75, 3.05) is 18.5 Å². The Morgan fingerprint density at radius 2 is 2.00 bits per heavy atom. The molecule has 0 aliphatic carbocycles. The summed E-state index contributed by atoms with van der Waals surface area (Å²) in [4.78, 5) is 18.4. The summed E-state index contributed by atoms with van der Waals surface area (Å²) in [5.74, 6) is 0.409. The number of aromatic nitrogens is 3. The van der Waals surface area contributed by atoms with Gasteiger partial charge in [-0.3, -0.25) is 9.48 Å². The van der Waals surface area contributed by atoms with Gasteiger partial charge < -0.3 is 14.8 Å². The Morgan fingerprint density at radius 1 is 1.18 bits per heavy atom. The number of hydrogen-bond acceptors (Lipinski definition) is 5. The highest BCUT2D eigenvalue weighted by molar-refractivity contribution is 6.13. The van der Waals surface area contributed by atoms with E-state index in [1.807, 2.05) is 75.5 Å². The maximum absolute atomic E-state index is 13.6. The van der Waals surface area contributed by atoms with Crippen LogP contribution in [-0.2, 0) is 11.8 Å². The van der Waals surface area contributed by atoms with Crippen molar-refractivity contribution in [3.05, 3.63) is 71.4 Å². The fourth-order valence-corrected chi connectivity index (χ4v) is 4.38. The van der Waals surface area contributed by atoms with Gasteiger partial charge in [-0.25, -0.2) is 4.98 Å². The lowest BCUT2D eigenvalue weighted by molar-refractivity contribution is 0.0681. The first-order chi connectivity index (χ1) is 16.5. The summed E-state index contributed by atoms with van der Waals surface area (Å²) in [6.45, 7) is 5.14. The number of aryl methyl sites for hydroxylation is 3. The monoisotopic (exact) mass is 456 g/mol. The first kappa shape index (κ1) is 22.1. The minimum Gasteiger partial charge on any atom is -0.489 e. The molecule has 2 aromatic carbocycles. The summed E-state index contributed by atoms with van der Waals surface area (Å²) in [5, 5.41) is 8.32. The Hall–Kier alpha value is -3.71. The fourth-order valence-electron chi connectivity index (χ4n) is 4.38. The minimum absolute atomic E-state index is 0.0929. The quantitative estimate of drug-likeness (QED) is 0.439. The molecule has 1 amide bonds. The fraction of sp³-hybridized carbons (Fsp3) is 0.296. The molecule has 3 heterocycles. The van der Waals surface area contributed by atoms with E-state index in [1.54, 1.807) is 4.68 Å². The average molecular weight is 457 g/mol. The number of hydrogen-bond donors (Lipinski definition) is 1. The van der Waals surface area contributed by atoms with Gasteiger partial charge in [0.15, 0.2) is 5.65 Å². The molecule has 0 spiro atoms. The predicted molar refractivity (Wildman–Crippen MR) is 132 cm³/mol. The second kappa shape index (κ2) is 9.27. The second-order valence-corrected chi connectivity index (χ2v) is 8.73. The number of ether oxygens (including phenoxy) is 2. The largest absolute Gasteiger partial charge is 0.489 e. The number of rotatable bonds is 6. The van der Waals surface area contributed by atoms with Crippen molar-refractivity contribution in [2.24, 2.45) is 7.05 Å². The molecule has 4 aromatic rings. The van der Waals surface area contributed by atoms with Crippen LogP contribution in [0, 0.1) is 13.8 Å². The van der Waals surface area contributed by atoms with Crippen LogP contribution in [0.1, 0.15) is 34.5 Å². The van der Waals surface area contributed by atoms with Gasteiger partial charge >= 0.3 is 0 Å². The Bertz CT molecular complexity index is 1340. The summed E-state index contributed by atoms with van der Waals surface area (Å²) in [7, 11) is 1.84. The Kier molecular flexibility index (Phi) is 6.02. The maximum Gasteiger partial charge on any atom is 0.256 e. The third kappa shape index (κ3) is 4.39. The number of nitrogens with zero attached hydrogens (tertiary/aromatic N) is 3. The van der Waals surface area contributed by atoms with E-state index in [0.29, 0.717) is 29.3 Å². The first-order valence-corrected chi connectivity index (χ1v) is 11.6. The lowest BCUT2D eigenvalue weighted by Gasteiger charge is -2.16. The smallest absolute Gasteiger partial charge is 0.256 e.